The van der Waals surface area contributed by atoms with Crippen LogP contribution in [0.4, 0.5) is 0 Å². The molecule has 194 valence electrons. The van der Waals surface area contributed by atoms with Crippen LogP contribution in [-0.2, 0) is 23.7 Å². The number of aliphatic hydroxyl groups is 10. The molecule has 3 heterocycles. The maximum Gasteiger partial charge on any atom is 0.187 e. The van der Waals surface area contributed by atoms with E-state index >= 15 is 0 Å². The number of hydrogen-bond acceptors (Lipinski definition) is 15. The molecule has 0 radical (unpaired) electrons. The van der Waals surface area contributed by atoms with Gasteiger partial charge in [0.05, 0.1) is 19.3 Å². The average Bonchev–Trinajstić information content (AvgIpc) is 2.79. The molecular weight excluding hydrogens is 456 g/mol. The summed E-state index contributed by atoms with van der Waals surface area (Å²) in [5.74, 6) is 0. The van der Waals surface area contributed by atoms with Crippen molar-refractivity contribution in [3.8, 4) is 0 Å². The molecule has 0 aromatic carbocycles. The summed E-state index contributed by atoms with van der Waals surface area (Å²) in [7, 11) is 0. The van der Waals surface area contributed by atoms with Crippen LogP contribution in [0.2, 0.25) is 0 Å². The largest absolute Gasteiger partial charge is 0.394 e. The highest BCUT2D eigenvalue weighted by Gasteiger charge is 2.53. The first kappa shape index (κ1) is 27.0. The Bertz CT molecular complexity index is 624. The fraction of sp³-hybridized carbons (Fsp3) is 1.00. The van der Waals surface area contributed by atoms with Crippen LogP contribution in [0.5, 0.6) is 0 Å². The SMILES string of the molecule is C[C@@H]1O[C@@H](O[C@H]2[C@@H](O)[C@@H](CO)O[C@@H](O[C@H]3[C@H](O)[C@@H](O)[C@H](O)O[C@@H]3CO)[C@@H]2O)[C@@H](O)[C@H](O)[C@@H]1O. The van der Waals surface area contributed by atoms with Crippen molar-refractivity contribution >= 4 is 0 Å². The van der Waals surface area contributed by atoms with E-state index in [1.54, 1.807) is 0 Å². The Morgan fingerprint density at radius 2 is 1.12 bits per heavy atom. The van der Waals surface area contributed by atoms with Crippen molar-refractivity contribution in [2.24, 2.45) is 0 Å². The Balaban J connectivity index is 1.77. The summed E-state index contributed by atoms with van der Waals surface area (Å²) in [6.45, 7) is -0.122. The van der Waals surface area contributed by atoms with Crippen LogP contribution in [0, 0.1) is 0 Å². The molecule has 3 aliphatic heterocycles. The maximum atomic E-state index is 10.7. The molecule has 15 nitrogen and oxygen atoms in total. The summed E-state index contributed by atoms with van der Waals surface area (Å²) in [5, 5.41) is 99.9. The van der Waals surface area contributed by atoms with E-state index in [0.717, 1.165) is 0 Å². The van der Waals surface area contributed by atoms with Gasteiger partial charge in [0, 0.05) is 0 Å². The summed E-state index contributed by atoms with van der Waals surface area (Å²) >= 11 is 0. The molecule has 0 unspecified atom stereocenters. The van der Waals surface area contributed by atoms with Crippen LogP contribution >= 0.6 is 0 Å². The first-order valence-electron chi connectivity index (χ1n) is 10.4. The average molecular weight is 488 g/mol. The van der Waals surface area contributed by atoms with Gasteiger partial charge in [-0.2, -0.15) is 0 Å². The van der Waals surface area contributed by atoms with Crippen LogP contribution < -0.4 is 0 Å². The van der Waals surface area contributed by atoms with Gasteiger partial charge in [-0.15, -0.1) is 0 Å². The molecule has 3 rings (SSSR count). The molecule has 3 aliphatic rings. The van der Waals surface area contributed by atoms with Crippen molar-refractivity contribution in [3.05, 3.63) is 0 Å². The van der Waals surface area contributed by atoms with E-state index in [1.165, 1.54) is 6.92 Å². The van der Waals surface area contributed by atoms with Gasteiger partial charge in [-0.05, 0) is 6.92 Å². The number of rotatable bonds is 6. The Morgan fingerprint density at radius 1 is 0.545 bits per heavy atom. The molecule has 0 aromatic heterocycles. The third kappa shape index (κ3) is 5.32. The zero-order valence-electron chi connectivity index (χ0n) is 17.6. The topological polar surface area (TPSA) is 248 Å². The number of ether oxygens (including phenoxy) is 5. The fourth-order valence-electron chi connectivity index (χ4n) is 4.00. The molecule has 0 bridgehead atoms. The lowest BCUT2D eigenvalue weighted by molar-refractivity contribution is -0.377. The third-order valence-corrected chi connectivity index (χ3v) is 6.05. The van der Waals surface area contributed by atoms with E-state index in [4.69, 9.17) is 23.7 Å². The van der Waals surface area contributed by atoms with Gasteiger partial charge in [-0.25, -0.2) is 0 Å². The van der Waals surface area contributed by atoms with E-state index in [-0.39, 0.29) is 0 Å². The summed E-state index contributed by atoms with van der Waals surface area (Å²) in [6.07, 6.45) is -23.9. The minimum Gasteiger partial charge on any atom is -0.394 e. The lowest BCUT2D eigenvalue weighted by atomic mass is 9.96. The monoisotopic (exact) mass is 488 g/mol. The van der Waals surface area contributed by atoms with Crippen LogP contribution in [-0.4, -0.2) is 156 Å². The van der Waals surface area contributed by atoms with Crippen molar-refractivity contribution in [1.82, 2.24) is 0 Å². The van der Waals surface area contributed by atoms with E-state index in [1.807, 2.05) is 0 Å². The molecule has 0 aliphatic carbocycles. The first-order chi connectivity index (χ1) is 15.5. The second kappa shape index (κ2) is 11.0. The van der Waals surface area contributed by atoms with Crippen molar-refractivity contribution in [2.75, 3.05) is 13.2 Å². The second-order valence-electron chi connectivity index (χ2n) is 8.32. The van der Waals surface area contributed by atoms with Gasteiger partial charge >= 0.3 is 0 Å². The Hall–Kier alpha value is -0.600. The maximum absolute atomic E-state index is 10.7. The molecule has 3 saturated heterocycles. The van der Waals surface area contributed by atoms with E-state index in [2.05, 4.69) is 0 Å². The molecule has 0 spiro atoms. The predicted octanol–water partition coefficient (Wildman–Crippen LogP) is -6.55. The standard InChI is InChI=1S/C18H32O15/c1-4-7(21)9(23)12(26)17(29-4)33-15-8(22)5(2-19)31-18(13(15)27)32-14-6(3-20)30-16(28)11(25)10(14)24/h4-28H,2-3H2,1H3/t4-,5+,6+,7+,8-,9+,10+,11+,12-,13+,14+,15-,16+,17-,18-/m0/s1. The minimum absolute atomic E-state index is 0.749. The van der Waals surface area contributed by atoms with E-state index < -0.39 is 105 Å². The van der Waals surface area contributed by atoms with E-state index in [9.17, 15) is 51.1 Å². The van der Waals surface area contributed by atoms with Crippen LogP contribution in [0.25, 0.3) is 0 Å². The first-order valence-corrected chi connectivity index (χ1v) is 10.4. The van der Waals surface area contributed by atoms with Crippen LogP contribution in [0.1, 0.15) is 6.92 Å². The molecule has 0 saturated carbocycles. The highest BCUT2D eigenvalue weighted by atomic mass is 16.7. The van der Waals surface area contributed by atoms with Gasteiger partial charge in [0.1, 0.15) is 67.1 Å². The van der Waals surface area contributed by atoms with Gasteiger partial charge in [-0.3, -0.25) is 0 Å². The second-order valence-corrected chi connectivity index (χ2v) is 8.32. The van der Waals surface area contributed by atoms with Gasteiger partial charge in [0.25, 0.3) is 0 Å². The normalized spacial score (nSPS) is 53.7. The Kier molecular flexibility index (Phi) is 8.99. The Labute approximate surface area is 187 Å². The van der Waals surface area contributed by atoms with Crippen molar-refractivity contribution < 1.29 is 74.7 Å². The van der Waals surface area contributed by atoms with Crippen molar-refractivity contribution in [3.63, 3.8) is 0 Å². The third-order valence-electron chi connectivity index (χ3n) is 6.05. The zero-order valence-corrected chi connectivity index (χ0v) is 17.6. The van der Waals surface area contributed by atoms with Gasteiger partial charge in [0.15, 0.2) is 18.9 Å². The minimum atomic E-state index is -1.84. The van der Waals surface area contributed by atoms with Crippen molar-refractivity contribution in [1.29, 1.82) is 0 Å². The zero-order chi connectivity index (χ0) is 24.6. The molecule has 0 amide bonds. The fourth-order valence-corrected chi connectivity index (χ4v) is 4.00. The molecule has 0 aromatic rings. The molecule has 33 heavy (non-hydrogen) atoms. The molecule has 10 N–H and O–H groups in total. The summed E-state index contributed by atoms with van der Waals surface area (Å²) in [5.41, 5.74) is 0. The summed E-state index contributed by atoms with van der Waals surface area (Å²) in [6, 6.07) is 0. The highest BCUT2D eigenvalue weighted by molar-refractivity contribution is 4.96. The molecule has 15 heteroatoms. The molecule has 15 atom stereocenters. The summed E-state index contributed by atoms with van der Waals surface area (Å²) < 4.78 is 26.6. The van der Waals surface area contributed by atoms with Crippen molar-refractivity contribution in [2.45, 2.75) is 99.0 Å². The van der Waals surface area contributed by atoms with E-state index in [0.29, 0.717) is 0 Å². The smallest absolute Gasteiger partial charge is 0.187 e. The van der Waals surface area contributed by atoms with Gasteiger partial charge in [0.2, 0.25) is 0 Å². The summed E-state index contributed by atoms with van der Waals surface area (Å²) in [4.78, 5) is 0. The number of hydrogen-bond donors (Lipinski definition) is 10. The van der Waals surface area contributed by atoms with Crippen LogP contribution in [0.3, 0.4) is 0 Å². The van der Waals surface area contributed by atoms with Crippen LogP contribution in [0.15, 0.2) is 0 Å². The van der Waals surface area contributed by atoms with Gasteiger partial charge in [-0.1, -0.05) is 0 Å². The molecular formula is C18H32O15. The molecule has 3 fully saturated rings. The lowest BCUT2D eigenvalue weighted by Crippen LogP contribution is -2.66. The highest BCUT2D eigenvalue weighted by Crippen LogP contribution is 2.32. The Morgan fingerprint density at radius 3 is 1.73 bits per heavy atom. The number of aliphatic hydroxyl groups excluding tert-OH is 10. The lowest BCUT2D eigenvalue weighted by Gasteiger charge is -2.47. The quantitative estimate of drug-likeness (QED) is 0.167. The predicted molar refractivity (Wildman–Crippen MR) is 99.8 cm³/mol. The van der Waals surface area contributed by atoms with Gasteiger partial charge < -0.3 is 74.7 Å².